The predicted molar refractivity (Wildman–Crippen MR) is 83.0 cm³/mol. The summed E-state index contributed by atoms with van der Waals surface area (Å²) in [5, 5.41) is -0.377. The first kappa shape index (κ1) is 14.5. The van der Waals surface area contributed by atoms with Crippen LogP contribution in [0.2, 0.25) is 0 Å². The smallest absolute Gasteiger partial charge is 0.132 e. The quantitative estimate of drug-likeness (QED) is 0.554. The van der Waals surface area contributed by atoms with Crippen LogP contribution in [-0.4, -0.2) is 9.55 Å². The van der Waals surface area contributed by atoms with Crippen LogP contribution in [0.25, 0.3) is 16.7 Å². The van der Waals surface area contributed by atoms with Gasteiger partial charge < -0.3 is 0 Å². The largest absolute Gasteiger partial charge is 0.294 e. The van der Waals surface area contributed by atoms with E-state index in [-0.39, 0.29) is 17.0 Å². The minimum atomic E-state index is -0.377. The highest BCUT2D eigenvalue weighted by atomic mass is 79.9. The minimum Gasteiger partial charge on any atom is -0.294 e. The van der Waals surface area contributed by atoms with Crippen molar-refractivity contribution >= 4 is 38.6 Å². The third kappa shape index (κ3) is 2.56. The van der Waals surface area contributed by atoms with Gasteiger partial charge in [-0.3, -0.25) is 4.57 Å². The van der Waals surface area contributed by atoms with Crippen LogP contribution in [0.1, 0.15) is 18.1 Å². The Morgan fingerprint density at radius 1 is 1.14 bits per heavy atom. The lowest BCUT2D eigenvalue weighted by molar-refractivity contribution is 0.626. The number of benzene rings is 2. The van der Waals surface area contributed by atoms with E-state index in [1.807, 2.05) is 0 Å². The van der Waals surface area contributed by atoms with E-state index in [1.165, 1.54) is 24.3 Å². The number of hydrogen-bond acceptors (Lipinski definition) is 1. The van der Waals surface area contributed by atoms with Gasteiger partial charge in [0, 0.05) is 10.5 Å². The molecule has 3 aromatic rings. The SMILES string of the molecule is CC(Cl)c1nc2cc(F)ccc2n1-c1ccc(F)cc1Br. The summed E-state index contributed by atoms with van der Waals surface area (Å²) in [6.45, 7) is 1.78. The van der Waals surface area contributed by atoms with Gasteiger partial charge in [0.15, 0.2) is 0 Å². The number of nitrogens with zero attached hydrogens (tertiary/aromatic N) is 2. The summed E-state index contributed by atoms with van der Waals surface area (Å²) < 4.78 is 29.0. The molecule has 3 rings (SSSR count). The molecule has 1 unspecified atom stereocenters. The van der Waals surface area contributed by atoms with Gasteiger partial charge in [0.05, 0.1) is 22.1 Å². The molecule has 108 valence electrons. The zero-order chi connectivity index (χ0) is 15.1. The van der Waals surface area contributed by atoms with E-state index in [0.29, 0.717) is 27.0 Å². The molecule has 0 bridgehead atoms. The number of aromatic nitrogens is 2. The van der Waals surface area contributed by atoms with Crippen molar-refractivity contribution in [1.29, 1.82) is 0 Å². The summed E-state index contributed by atoms with van der Waals surface area (Å²) in [6, 6.07) is 8.71. The van der Waals surface area contributed by atoms with Crippen LogP contribution in [0, 0.1) is 11.6 Å². The molecule has 0 aliphatic rings. The normalized spacial score (nSPS) is 12.8. The molecule has 0 amide bonds. The Labute approximate surface area is 133 Å². The molecule has 0 saturated carbocycles. The Morgan fingerprint density at radius 3 is 2.48 bits per heavy atom. The predicted octanol–water partition coefficient (Wildman–Crippen LogP) is 5.37. The van der Waals surface area contributed by atoms with Crippen LogP contribution in [0.5, 0.6) is 0 Å². The summed E-state index contributed by atoms with van der Waals surface area (Å²) >= 11 is 9.53. The maximum absolute atomic E-state index is 13.4. The van der Waals surface area contributed by atoms with E-state index in [4.69, 9.17) is 11.6 Å². The third-order valence-electron chi connectivity index (χ3n) is 3.15. The monoisotopic (exact) mass is 370 g/mol. The van der Waals surface area contributed by atoms with Crippen LogP contribution in [0.15, 0.2) is 40.9 Å². The van der Waals surface area contributed by atoms with Gasteiger partial charge in [0.25, 0.3) is 0 Å². The fourth-order valence-corrected chi connectivity index (χ4v) is 2.93. The Morgan fingerprint density at radius 2 is 1.81 bits per heavy atom. The van der Waals surface area contributed by atoms with Gasteiger partial charge >= 0.3 is 0 Å². The van der Waals surface area contributed by atoms with E-state index in [1.54, 1.807) is 23.6 Å². The molecule has 0 spiro atoms. The first-order valence-electron chi connectivity index (χ1n) is 6.25. The van der Waals surface area contributed by atoms with E-state index in [0.717, 1.165) is 0 Å². The molecule has 1 atom stereocenters. The molecular weight excluding hydrogens is 362 g/mol. The summed E-state index contributed by atoms with van der Waals surface area (Å²) in [7, 11) is 0. The zero-order valence-electron chi connectivity index (χ0n) is 10.9. The van der Waals surface area contributed by atoms with E-state index < -0.39 is 0 Å². The third-order valence-corrected chi connectivity index (χ3v) is 3.98. The summed E-state index contributed by atoms with van der Waals surface area (Å²) in [6.07, 6.45) is 0. The van der Waals surface area contributed by atoms with Crippen LogP contribution < -0.4 is 0 Å². The van der Waals surface area contributed by atoms with Gasteiger partial charge in [-0.15, -0.1) is 11.6 Å². The lowest BCUT2D eigenvalue weighted by Crippen LogP contribution is -2.03. The fourth-order valence-electron chi connectivity index (χ4n) is 2.25. The average molecular weight is 372 g/mol. The van der Waals surface area contributed by atoms with Gasteiger partial charge in [0.1, 0.15) is 17.5 Å². The molecule has 0 aliphatic carbocycles. The van der Waals surface area contributed by atoms with Crippen LogP contribution in [0.3, 0.4) is 0 Å². The topological polar surface area (TPSA) is 17.8 Å². The summed E-state index contributed by atoms with van der Waals surface area (Å²) in [4.78, 5) is 4.39. The molecule has 0 N–H and O–H groups in total. The van der Waals surface area contributed by atoms with Gasteiger partial charge in [-0.1, -0.05) is 0 Å². The van der Waals surface area contributed by atoms with Gasteiger partial charge in [-0.25, -0.2) is 13.8 Å². The Balaban J connectivity index is 2.36. The summed E-state index contributed by atoms with van der Waals surface area (Å²) in [5.74, 6) is -0.134. The van der Waals surface area contributed by atoms with Crippen molar-refractivity contribution in [2.75, 3.05) is 0 Å². The molecule has 21 heavy (non-hydrogen) atoms. The molecule has 0 saturated heterocycles. The van der Waals surface area contributed by atoms with Gasteiger partial charge in [-0.2, -0.15) is 0 Å². The second kappa shape index (κ2) is 5.39. The van der Waals surface area contributed by atoms with Crippen molar-refractivity contribution in [2.24, 2.45) is 0 Å². The second-order valence-electron chi connectivity index (χ2n) is 4.65. The highest BCUT2D eigenvalue weighted by molar-refractivity contribution is 9.10. The molecule has 1 heterocycles. The van der Waals surface area contributed by atoms with Crippen molar-refractivity contribution in [2.45, 2.75) is 12.3 Å². The van der Waals surface area contributed by atoms with Crippen LogP contribution in [-0.2, 0) is 0 Å². The maximum atomic E-state index is 13.4. The van der Waals surface area contributed by atoms with E-state index >= 15 is 0 Å². The molecule has 1 aromatic heterocycles. The van der Waals surface area contributed by atoms with Crippen molar-refractivity contribution in [3.63, 3.8) is 0 Å². The number of imidazole rings is 1. The Hall–Kier alpha value is -1.46. The van der Waals surface area contributed by atoms with Crippen molar-refractivity contribution < 1.29 is 8.78 Å². The standard InChI is InChI=1S/C15H10BrClF2N2/c1-8(17)15-20-12-7-10(19)3-5-14(12)21(15)13-4-2-9(18)6-11(13)16/h2-8H,1H3. The van der Waals surface area contributed by atoms with E-state index in [2.05, 4.69) is 20.9 Å². The number of rotatable bonds is 2. The van der Waals surface area contributed by atoms with Gasteiger partial charge in [-0.05, 0) is 53.2 Å². The number of hydrogen-bond donors (Lipinski definition) is 0. The van der Waals surface area contributed by atoms with Gasteiger partial charge in [0.2, 0.25) is 0 Å². The second-order valence-corrected chi connectivity index (χ2v) is 6.16. The van der Waals surface area contributed by atoms with Crippen LogP contribution in [0.4, 0.5) is 8.78 Å². The lowest BCUT2D eigenvalue weighted by atomic mass is 10.2. The number of fused-ring (bicyclic) bond motifs is 1. The molecule has 2 aromatic carbocycles. The highest BCUT2D eigenvalue weighted by Crippen LogP contribution is 2.32. The van der Waals surface area contributed by atoms with E-state index in [9.17, 15) is 8.78 Å². The molecule has 0 aliphatic heterocycles. The first-order chi connectivity index (χ1) is 9.97. The lowest BCUT2D eigenvalue weighted by Gasteiger charge is -2.12. The highest BCUT2D eigenvalue weighted by Gasteiger charge is 2.18. The Bertz CT molecular complexity index is 830. The fraction of sp³-hybridized carbons (Fsp3) is 0.133. The van der Waals surface area contributed by atoms with Crippen molar-refractivity contribution in [3.05, 3.63) is 58.3 Å². The first-order valence-corrected chi connectivity index (χ1v) is 7.47. The Kier molecular flexibility index (Phi) is 3.71. The molecular formula is C15H10BrClF2N2. The van der Waals surface area contributed by atoms with Crippen LogP contribution >= 0.6 is 27.5 Å². The molecule has 6 heteroatoms. The summed E-state index contributed by atoms with van der Waals surface area (Å²) in [5.41, 5.74) is 1.92. The number of alkyl halides is 1. The van der Waals surface area contributed by atoms with Crippen molar-refractivity contribution in [1.82, 2.24) is 9.55 Å². The minimum absolute atomic E-state index is 0.346. The molecule has 0 fully saturated rings. The number of halogens is 4. The average Bonchev–Trinajstić information content (AvgIpc) is 2.77. The molecule has 2 nitrogen and oxygen atoms in total. The van der Waals surface area contributed by atoms with Crippen molar-refractivity contribution in [3.8, 4) is 5.69 Å². The molecule has 0 radical (unpaired) electrons. The maximum Gasteiger partial charge on any atom is 0.132 e. The zero-order valence-corrected chi connectivity index (χ0v) is 13.3.